The molecule has 114 valence electrons. The second-order valence-electron chi connectivity index (χ2n) is 7.01. The number of aromatic nitrogens is 1. The Kier molecular flexibility index (Phi) is 4.55. The molecule has 2 rings (SSSR count). The van der Waals surface area contributed by atoms with Crippen LogP contribution in [0.2, 0.25) is 0 Å². The normalized spacial score (nSPS) is 12.0. The minimum Gasteiger partial charge on any atom is -0.284 e. The molecule has 0 unspecified atom stereocenters. The number of hydrogen-bond acceptors (Lipinski definition) is 1. The van der Waals surface area contributed by atoms with Crippen LogP contribution in [0.4, 0.5) is 0 Å². The highest BCUT2D eigenvalue weighted by Crippen LogP contribution is 2.30. The number of fused-ring (bicyclic) bond motifs is 1. The molecule has 2 heteroatoms. The van der Waals surface area contributed by atoms with Gasteiger partial charge in [-0.3, -0.25) is 9.36 Å². The number of carbonyl (C=O) groups excluding carboxylic acids is 1. The highest BCUT2D eigenvalue weighted by atomic mass is 16.2. The van der Waals surface area contributed by atoms with Crippen molar-refractivity contribution in [2.45, 2.75) is 60.3 Å². The van der Waals surface area contributed by atoms with Crippen LogP contribution in [0.25, 0.3) is 10.9 Å². The number of para-hydroxylation sites is 1. The van der Waals surface area contributed by atoms with Crippen LogP contribution in [0, 0.1) is 5.41 Å². The van der Waals surface area contributed by atoms with E-state index in [0.29, 0.717) is 6.42 Å². The van der Waals surface area contributed by atoms with E-state index in [0.717, 1.165) is 24.8 Å². The zero-order valence-corrected chi connectivity index (χ0v) is 14.0. The lowest BCUT2D eigenvalue weighted by molar-refractivity contribution is 0.0859. The van der Waals surface area contributed by atoms with Crippen molar-refractivity contribution in [1.82, 2.24) is 4.57 Å². The zero-order chi connectivity index (χ0) is 15.6. The summed E-state index contributed by atoms with van der Waals surface area (Å²) in [5, 5.41) is 1.24. The first kappa shape index (κ1) is 15.8. The van der Waals surface area contributed by atoms with E-state index in [1.165, 1.54) is 16.6 Å². The molecule has 1 aromatic heterocycles. The second-order valence-corrected chi connectivity index (χ2v) is 7.01. The smallest absolute Gasteiger partial charge is 0.231 e. The van der Waals surface area contributed by atoms with E-state index in [2.05, 4.69) is 52.8 Å². The molecule has 0 bridgehead atoms. The van der Waals surface area contributed by atoms with Crippen LogP contribution >= 0.6 is 0 Å². The molecule has 0 radical (unpaired) electrons. The third-order valence-corrected chi connectivity index (χ3v) is 3.86. The molecule has 0 saturated heterocycles. The van der Waals surface area contributed by atoms with Crippen LogP contribution < -0.4 is 0 Å². The van der Waals surface area contributed by atoms with Crippen molar-refractivity contribution < 1.29 is 4.79 Å². The summed E-state index contributed by atoms with van der Waals surface area (Å²) < 4.78 is 1.99. The molecule has 0 aliphatic rings. The van der Waals surface area contributed by atoms with E-state index >= 15 is 0 Å². The van der Waals surface area contributed by atoms with Crippen LogP contribution in [0.1, 0.15) is 63.5 Å². The minimum absolute atomic E-state index is 0.0122. The Morgan fingerprint density at radius 1 is 1.14 bits per heavy atom. The summed E-state index contributed by atoms with van der Waals surface area (Å²) in [6.07, 6.45) is 3.58. The van der Waals surface area contributed by atoms with Gasteiger partial charge < -0.3 is 0 Å². The molecule has 0 N–H and O–H groups in total. The summed E-state index contributed by atoms with van der Waals surface area (Å²) in [4.78, 5) is 12.9. The van der Waals surface area contributed by atoms with Crippen LogP contribution in [0.15, 0.2) is 24.3 Å². The molecule has 1 heterocycles. The molecule has 0 saturated carbocycles. The summed E-state index contributed by atoms with van der Waals surface area (Å²) in [6, 6.07) is 8.32. The fourth-order valence-corrected chi connectivity index (χ4v) is 3.07. The van der Waals surface area contributed by atoms with Gasteiger partial charge in [0.1, 0.15) is 0 Å². The average molecular weight is 285 g/mol. The summed E-state index contributed by atoms with van der Waals surface area (Å²) in [6.45, 7) is 10.7. The van der Waals surface area contributed by atoms with E-state index < -0.39 is 0 Å². The molecule has 1 aromatic carbocycles. The zero-order valence-electron chi connectivity index (χ0n) is 14.0. The van der Waals surface area contributed by atoms with Gasteiger partial charge in [-0.2, -0.15) is 0 Å². The van der Waals surface area contributed by atoms with Crippen molar-refractivity contribution in [3.05, 3.63) is 35.5 Å². The standard InChI is InChI=1S/C19H27NO/c1-6-10-16-14(7-2)15-11-8-9-12-17(15)20(16)18(21)13-19(3,4)5/h8-9,11-12H,6-7,10,13H2,1-5H3. The van der Waals surface area contributed by atoms with Gasteiger partial charge in [0, 0.05) is 17.5 Å². The number of rotatable bonds is 4. The third-order valence-electron chi connectivity index (χ3n) is 3.86. The van der Waals surface area contributed by atoms with Crippen LogP contribution in [-0.4, -0.2) is 10.5 Å². The summed E-state index contributed by atoms with van der Waals surface area (Å²) in [5.41, 5.74) is 3.65. The monoisotopic (exact) mass is 285 g/mol. The Labute approximate surface area is 128 Å². The van der Waals surface area contributed by atoms with Gasteiger partial charge in [0.15, 0.2) is 0 Å². The topological polar surface area (TPSA) is 22.0 Å². The molecule has 0 aliphatic heterocycles. The summed E-state index contributed by atoms with van der Waals surface area (Å²) in [7, 11) is 0. The van der Waals surface area contributed by atoms with Crippen molar-refractivity contribution in [2.24, 2.45) is 5.41 Å². The SMILES string of the molecule is CCCc1c(CC)c2ccccc2n1C(=O)CC(C)(C)C. The fourth-order valence-electron chi connectivity index (χ4n) is 3.07. The molecule has 2 nitrogen and oxygen atoms in total. The van der Waals surface area contributed by atoms with Gasteiger partial charge in [0.05, 0.1) is 5.52 Å². The molecule has 0 fully saturated rings. The van der Waals surface area contributed by atoms with Gasteiger partial charge in [-0.15, -0.1) is 0 Å². The van der Waals surface area contributed by atoms with E-state index in [4.69, 9.17) is 0 Å². The first-order chi connectivity index (χ1) is 9.89. The van der Waals surface area contributed by atoms with Gasteiger partial charge >= 0.3 is 0 Å². The Morgan fingerprint density at radius 3 is 2.38 bits per heavy atom. The van der Waals surface area contributed by atoms with E-state index in [1.807, 2.05) is 10.6 Å². The van der Waals surface area contributed by atoms with E-state index in [-0.39, 0.29) is 11.3 Å². The van der Waals surface area contributed by atoms with Gasteiger partial charge in [-0.1, -0.05) is 59.2 Å². The van der Waals surface area contributed by atoms with Gasteiger partial charge in [-0.05, 0) is 29.9 Å². The first-order valence-electron chi connectivity index (χ1n) is 8.03. The molecule has 0 atom stereocenters. The highest BCUT2D eigenvalue weighted by Gasteiger charge is 2.23. The lowest BCUT2D eigenvalue weighted by Gasteiger charge is -2.19. The lowest BCUT2D eigenvalue weighted by atomic mass is 9.92. The molecule has 0 spiro atoms. The van der Waals surface area contributed by atoms with Crippen molar-refractivity contribution in [2.75, 3.05) is 0 Å². The maximum absolute atomic E-state index is 12.9. The van der Waals surface area contributed by atoms with Crippen molar-refractivity contribution >= 4 is 16.8 Å². The van der Waals surface area contributed by atoms with E-state index in [9.17, 15) is 4.79 Å². The predicted octanol–water partition coefficient (Wildman–Crippen LogP) is 5.23. The number of nitrogens with zero attached hydrogens (tertiary/aromatic N) is 1. The maximum Gasteiger partial charge on any atom is 0.231 e. The second kappa shape index (κ2) is 6.05. The maximum atomic E-state index is 12.9. The summed E-state index contributed by atoms with van der Waals surface area (Å²) in [5.74, 6) is 0.224. The lowest BCUT2D eigenvalue weighted by Crippen LogP contribution is -2.20. The quantitative estimate of drug-likeness (QED) is 0.753. The van der Waals surface area contributed by atoms with Crippen LogP contribution in [-0.2, 0) is 12.8 Å². The van der Waals surface area contributed by atoms with Gasteiger partial charge in [0.2, 0.25) is 5.91 Å². The number of hydrogen-bond donors (Lipinski definition) is 0. The minimum atomic E-state index is 0.0122. The predicted molar refractivity (Wildman–Crippen MR) is 90.0 cm³/mol. The van der Waals surface area contributed by atoms with Crippen molar-refractivity contribution in [3.8, 4) is 0 Å². The van der Waals surface area contributed by atoms with Crippen molar-refractivity contribution in [1.29, 1.82) is 0 Å². The van der Waals surface area contributed by atoms with Crippen LogP contribution in [0.5, 0.6) is 0 Å². The number of carbonyl (C=O) groups is 1. The Morgan fingerprint density at radius 2 is 1.81 bits per heavy atom. The first-order valence-corrected chi connectivity index (χ1v) is 8.03. The van der Waals surface area contributed by atoms with E-state index in [1.54, 1.807) is 0 Å². The molecule has 0 amide bonds. The Bertz CT molecular complexity index is 643. The van der Waals surface area contributed by atoms with Gasteiger partial charge in [0.25, 0.3) is 0 Å². The fraction of sp³-hybridized carbons (Fsp3) is 0.526. The molecular weight excluding hydrogens is 258 g/mol. The van der Waals surface area contributed by atoms with Gasteiger partial charge in [-0.25, -0.2) is 0 Å². The molecular formula is C19H27NO. The number of benzene rings is 1. The van der Waals surface area contributed by atoms with Crippen molar-refractivity contribution in [3.63, 3.8) is 0 Å². The molecule has 0 aliphatic carbocycles. The largest absolute Gasteiger partial charge is 0.284 e. The highest BCUT2D eigenvalue weighted by molar-refractivity contribution is 5.96. The number of aryl methyl sites for hydroxylation is 1. The molecule has 2 aromatic rings. The van der Waals surface area contributed by atoms with Crippen LogP contribution in [0.3, 0.4) is 0 Å². The summed E-state index contributed by atoms with van der Waals surface area (Å²) >= 11 is 0. The average Bonchev–Trinajstić information content (AvgIpc) is 2.70. The Balaban J connectivity index is 2.65. The molecule has 21 heavy (non-hydrogen) atoms. The third kappa shape index (κ3) is 3.20. The Hall–Kier alpha value is -1.57.